The first-order valence-corrected chi connectivity index (χ1v) is 12.5. The third-order valence-electron chi connectivity index (χ3n) is 6.74. The number of carbonyl (C=O) groups is 1. The van der Waals surface area contributed by atoms with Gasteiger partial charge in [-0.1, -0.05) is 24.3 Å². The van der Waals surface area contributed by atoms with Crippen molar-refractivity contribution in [2.45, 2.75) is 25.4 Å². The van der Waals surface area contributed by atoms with Gasteiger partial charge < -0.3 is 14.8 Å². The lowest BCUT2D eigenvalue weighted by atomic mass is 10.1. The van der Waals surface area contributed by atoms with Crippen LogP contribution in [0, 0.1) is 0 Å². The number of hydrogen-bond donors (Lipinski definition) is 1. The number of ether oxygens (including phenoxy) is 2. The lowest BCUT2D eigenvalue weighted by Crippen LogP contribution is -2.38. The van der Waals surface area contributed by atoms with Gasteiger partial charge in [0.25, 0.3) is 5.91 Å². The summed E-state index contributed by atoms with van der Waals surface area (Å²) < 4.78 is 13.5. The highest BCUT2D eigenvalue weighted by molar-refractivity contribution is 5.94. The maximum atomic E-state index is 12.7. The van der Waals surface area contributed by atoms with Gasteiger partial charge in [0.1, 0.15) is 18.7 Å². The van der Waals surface area contributed by atoms with Gasteiger partial charge in [-0.3, -0.25) is 14.3 Å². The number of nitrogens with zero attached hydrogens (tertiary/aromatic N) is 3. The van der Waals surface area contributed by atoms with Crippen LogP contribution in [-0.2, 0) is 11.3 Å². The van der Waals surface area contributed by atoms with Crippen LogP contribution in [-0.4, -0.2) is 59.8 Å². The summed E-state index contributed by atoms with van der Waals surface area (Å²) >= 11 is 0. The van der Waals surface area contributed by atoms with Crippen molar-refractivity contribution >= 4 is 16.9 Å². The first-order valence-electron chi connectivity index (χ1n) is 12.5. The molecule has 0 radical (unpaired) electrons. The van der Waals surface area contributed by atoms with Crippen LogP contribution in [0.2, 0.25) is 0 Å². The summed E-state index contributed by atoms with van der Waals surface area (Å²) in [6.45, 7) is 3.62. The quantitative estimate of drug-likeness (QED) is 0.380. The fourth-order valence-electron chi connectivity index (χ4n) is 4.58. The lowest BCUT2D eigenvalue weighted by molar-refractivity contribution is 0.0392. The lowest BCUT2D eigenvalue weighted by Gasteiger charge is -2.31. The normalized spacial score (nSPS) is 14.3. The summed E-state index contributed by atoms with van der Waals surface area (Å²) in [4.78, 5) is 19.5. The Morgan fingerprint density at radius 2 is 1.89 bits per heavy atom. The van der Waals surface area contributed by atoms with Crippen molar-refractivity contribution in [3.05, 3.63) is 90.3 Å². The van der Waals surface area contributed by atoms with E-state index in [1.807, 2.05) is 77.4 Å². The topological polar surface area (TPSA) is 68.6 Å². The van der Waals surface area contributed by atoms with Crippen LogP contribution in [0.1, 0.15) is 28.8 Å². The van der Waals surface area contributed by atoms with E-state index in [1.165, 1.54) is 0 Å². The van der Waals surface area contributed by atoms with E-state index < -0.39 is 0 Å². The first-order chi connectivity index (χ1) is 17.7. The van der Waals surface area contributed by atoms with Gasteiger partial charge in [-0.15, -0.1) is 0 Å². The van der Waals surface area contributed by atoms with Crippen LogP contribution in [0.15, 0.2) is 79.1 Å². The summed E-state index contributed by atoms with van der Waals surface area (Å²) in [6.07, 6.45) is 3.96. The van der Waals surface area contributed by atoms with Crippen LogP contribution < -0.4 is 10.1 Å². The summed E-state index contributed by atoms with van der Waals surface area (Å²) in [6, 6.07) is 24.0. The third-order valence-corrected chi connectivity index (χ3v) is 6.74. The van der Waals surface area contributed by atoms with Gasteiger partial charge in [0.2, 0.25) is 0 Å². The monoisotopic (exact) mass is 484 g/mol. The maximum Gasteiger partial charge on any atom is 0.251 e. The number of imidazole rings is 1. The molecular weight excluding hydrogens is 452 g/mol. The number of rotatable bonds is 9. The van der Waals surface area contributed by atoms with Crippen molar-refractivity contribution in [2.75, 3.05) is 33.4 Å². The van der Waals surface area contributed by atoms with Crippen molar-refractivity contribution in [1.29, 1.82) is 0 Å². The Balaban J connectivity index is 1.12. The van der Waals surface area contributed by atoms with Gasteiger partial charge in [0.15, 0.2) is 0 Å². The van der Waals surface area contributed by atoms with Gasteiger partial charge in [-0.25, -0.2) is 4.98 Å². The van der Waals surface area contributed by atoms with Crippen molar-refractivity contribution in [1.82, 2.24) is 19.8 Å². The molecule has 4 aromatic rings. The molecule has 1 amide bonds. The predicted molar refractivity (Wildman–Crippen MR) is 141 cm³/mol. The maximum absolute atomic E-state index is 12.7. The van der Waals surface area contributed by atoms with E-state index in [2.05, 4.69) is 22.2 Å². The van der Waals surface area contributed by atoms with Gasteiger partial charge in [0.05, 0.1) is 11.0 Å². The molecule has 1 aliphatic heterocycles. The fraction of sp³-hybridized carbons (Fsp3) is 0.310. The number of aromatic nitrogens is 2. The van der Waals surface area contributed by atoms with Gasteiger partial charge in [-0.2, -0.15) is 0 Å². The molecular formula is C29H32N4O3. The Morgan fingerprint density at radius 3 is 2.72 bits per heavy atom. The smallest absolute Gasteiger partial charge is 0.251 e. The van der Waals surface area contributed by atoms with Crippen LogP contribution in [0.3, 0.4) is 0 Å². The second kappa shape index (κ2) is 11.4. The van der Waals surface area contributed by atoms with E-state index >= 15 is 0 Å². The Labute approximate surface area is 211 Å². The predicted octanol–water partition coefficient (Wildman–Crippen LogP) is 4.45. The second-order valence-electron chi connectivity index (χ2n) is 9.15. The standard InChI is InChI=1S/C29H32N4O3/c1-32(24-13-16-35-17-14-24)15-18-36-26-6-4-5-22(19-26)20-30-29(34)23-9-11-25(12-10-23)33-21-31-27-7-2-3-8-28(27)33/h2-12,19,21,24H,13-18,20H2,1H3,(H,30,34). The highest BCUT2D eigenvalue weighted by atomic mass is 16.5. The Hall–Kier alpha value is -3.68. The summed E-state index contributed by atoms with van der Waals surface area (Å²) in [5.74, 6) is 0.709. The molecule has 2 heterocycles. The van der Waals surface area contributed by atoms with Gasteiger partial charge >= 0.3 is 0 Å². The van der Waals surface area contributed by atoms with E-state index in [1.54, 1.807) is 6.33 Å². The molecule has 0 atom stereocenters. The molecule has 0 unspecified atom stereocenters. The number of amides is 1. The Morgan fingerprint density at radius 1 is 1.08 bits per heavy atom. The zero-order chi connectivity index (χ0) is 24.7. The average molecular weight is 485 g/mol. The van der Waals surface area contributed by atoms with Crippen molar-refractivity contribution in [3.63, 3.8) is 0 Å². The van der Waals surface area contributed by atoms with Gasteiger partial charge in [0, 0.05) is 43.6 Å². The van der Waals surface area contributed by atoms with E-state index in [-0.39, 0.29) is 5.91 Å². The molecule has 0 spiro atoms. The van der Waals surface area contributed by atoms with Gasteiger partial charge in [-0.05, 0) is 74.0 Å². The van der Waals surface area contributed by atoms with Crippen LogP contribution in [0.5, 0.6) is 5.75 Å². The van der Waals surface area contributed by atoms with E-state index in [4.69, 9.17) is 9.47 Å². The van der Waals surface area contributed by atoms with Crippen LogP contribution >= 0.6 is 0 Å². The number of para-hydroxylation sites is 2. The Kier molecular flexibility index (Phi) is 7.59. The fourth-order valence-corrected chi connectivity index (χ4v) is 4.58. The summed E-state index contributed by atoms with van der Waals surface area (Å²) in [5, 5.41) is 3.01. The van der Waals surface area contributed by atoms with Crippen molar-refractivity contribution < 1.29 is 14.3 Å². The molecule has 7 heteroatoms. The van der Waals surface area contributed by atoms with Crippen LogP contribution in [0.25, 0.3) is 16.7 Å². The number of benzene rings is 3. The number of nitrogens with one attached hydrogen (secondary N) is 1. The number of carbonyl (C=O) groups excluding carboxylic acids is 1. The highest BCUT2D eigenvalue weighted by Gasteiger charge is 2.18. The molecule has 1 aromatic heterocycles. The largest absolute Gasteiger partial charge is 0.492 e. The SMILES string of the molecule is CN(CCOc1cccc(CNC(=O)c2ccc(-n3cnc4ccccc43)cc2)c1)C1CCOCC1. The highest BCUT2D eigenvalue weighted by Crippen LogP contribution is 2.19. The molecule has 1 saturated heterocycles. The zero-order valence-corrected chi connectivity index (χ0v) is 20.6. The third kappa shape index (κ3) is 5.75. The van der Waals surface area contributed by atoms with Crippen LogP contribution in [0.4, 0.5) is 0 Å². The molecule has 1 aliphatic rings. The molecule has 7 nitrogen and oxygen atoms in total. The van der Waals surface area contributed by atoms with E-state index in [0.29, 0.717) is 24.8 Å². The molecule has 5 rings (SSSR count). The minimum atomic E-state index is -0.110. The molecule has 36 heavy (non-hydrogen) atoms. The minimum absolute atomic E-state index is 0.110. The molecule has 1 fully saturated rings. The molecule has 0 aliphatic carbocycles. The molecule has 0 saturated carbocycles. The van der Waals surface area contributed by atoms with E-state index in [9.17, 15) is 4.79 Å². The van der Waals surface area contributed by atoms with Crippen molar-refractivity contribution in [2.24, 2.45) is 0 Å². The Bertz CT molecular complexity index is 1300. The zero-order valence-electron chi connectivity index (χ0n) is 20.6. The average Bonchev–Trinajstić information content (AvgIpc) is 3.37. The summed E-state index contributed by atoms with van der Waals surface area (Å²) in [7, 11) is 2.15. The molecule has 1 N–H and O–H groups in total. The van der Waals surface area contributed by atoms with Crippen molar-refractivity contribution in [3.8, 4) is 11.4 Å². The molecule has 0 bridgehead atoms. The number of fused-ring (bicyclic) bond motifs is 1. The second-order valence-corrected chi connectivity index (χ2v) is 9.15. The summed E-state index contributed by atoms with van der Waals surface area (Å²) in [5.41, 5.74) is 4.56. The minimum Gasteiger partial charge on any atom is -0.492 e. The molecule has 3 aromatic carbocycles. The molecule has 186 valence electrons. The number of hydrogen-bond acceptors (Lipinski definition) is 5. The first kappa shape index (κ1) is 24.0. The van der Waals surface area contributed by atoms with E-state index in [0.717, 1.165) is 60.6 Å². The number of likely N-dealkylation sites (N-methyl/N-ethyl adjacent to an activating group) is 1.